The van der Waals surface area contributed by atoms with Crippen LogP contribution in [0.15, 0.2) is 24.4 Å². The predicted molar refractivity (Wildman–Crippen MR) is 50.9 cm³/mol. The molecule has 1 aliphatic rings. The molecule has 1 aromatic heterocycles. The summed E-state index contributed by atoms with van der Waals surface area (Å²) in [6, 6.07) is 5.26. The highest BCUT2D eigenvalue weighted by molar-refractivity contribution is 6.00. The molecule has 3 nitrogen and oxygen atoms in total. The van der Waals surface area contributed by atoms with Crippen molar-refractivity contribution in [2.75, 3.05) is 0 Å². The zero-order valence-electron chi connectivity index (χ0n) is 7.77. The molecule has 3 heteroatoms. The Kier molecular flexibility index (Phi) is 2.39. The van der Waals surface area contributed by atoms with E-state index in [9.17, 15) is 9.59 Å². The Labute approximate surface area is 82.2 Å². The molecule has 1 atom stereocenters. The Hall–Kier alpha value is -1.51. The van der Waals surface area contributed by atoms with E-state index in [1.165, 1.54) is 0 Å². The maximum absolute atomic E-state index is 11.8. The van der Waals surface area contributed by atoms with Crippen LogP contribution in [0, 0.1) is 5.92 Å². The summed E-state index contributed by atoms with van der Waals surface area (Å²) in [5, 5.41) is 0. The minimum atomic E-state index is -0.127. The Morgan fingerprint density at radius 1 is 1.43 bits per heavy atom. The van der Waals surface area contributed by atoms with Gasteiger partial charge in [-0.05, 0) is 18.6 Å². The summed E-state index contributed by atoms with van der Waals surface area (Å²) in [4.78, 5) is 26.8. The zero-order chi connectivity index (χ0) is 9.97. The van der Waals surface area contributed by atoms with Crippen LogP contribution in [-0.4, -0.2) is 16.6 Å². The number of rotatable bonds is 2. The maximum Gasteiger partial charge on any atom is 0.184 e. The Bertz CT molecular complexity index is 359. The molecule has 0 aromatic carbocycles. The van der Waals surface area contributed by atoms with E-state index in [2.05, 4.69) is 4.98 Å². The molecule has 0 amide bonds. The van der Waals surface area contributed by atoms with Crippen LogP contribution in [0.3, 0.4) is 0 Å². The van der Waals surface area contributed by atoms with E-state index in [4.69, 9.17) is 0 Å². The molecule has 0 bridgehead atoms. The molecule has 2 rings (SSSR count). The van der Waals surface area contributed by atoms with Crippen LogP contribution in [0.5, 0.6) is 0 Å². The van der Waals surface area contributed by atoms with Crippen LogP contribution in [0.2, 0.25) is 0 Å². The fraction of sp³-hybridized carbons (Fsp3) is 0.364. The molecule has 0 N–H and O–H groups in total. The van der Waals surface area contributed by atoms with Gasteiger partial charge < -0.3 is 0 Å². The van der Waals surface area contributed by atoms with Gasteiger partial charge in [-0.2, -0.15) is 0 Å². The van der Waals surface area contributed by atoms with E-state index in [0.29, 0.717) is 25.0 Å². The van der Waals surface area contributed by atoms with Gasteiger partial charge in [0, 0.05) is 25.0 Å². The van der Waals surface area contributed by atoms with Gasteiger partial charge in [0.2, 0.25) is 0 Å². The van der Waals surface area contributed by atoms with Crippen LogP contribution >= 0.6 is 0 Å². The highest BCUT2D eigenvalue weighted by Gasteiger charge is 2.29. The van der Waals surface area contributed by atoms with Crippen molar-refractivity contribution in [3.63, 3.8) is 0 Å². The minimum absolute atomic E-state index is 0.0106. The molecule has 14 heavy (non-hydrogen) atoms. The molecule has 0 saturated heterocycles. The molecule has 0 aliphatic heterocycles. The first-order chi connectivity index (χ1) is 6.77. The molecule has 1 aliphatic carbocycles. The summed E-state index contributed by atoms with van der Waals surface area (Å²) in [7, 11) is 0. The smallest absolute Gasteiger partial charge is 0.184 e. The Morgan fingerprint density at radius 2 is 2.29 bits per heavy atom. The molecule has 1 aromatic rings. The minimum Gasteiger partial charge on any atom is -0.300 e. The van der Waals surface area contributed by atoms with Crippen molar-refractivity contribution in [1.29, 1.82) is 0 Å². The Morgan fingerprint density at radius 3 is 2.86 bits per heavy atom. The van der Waals surface area contributed by atoms with Crippen molar-refractivity contribution in [3.05, 3.63) is 30.1 Å². The first kappa shape index (κ1) is 9.06. The normalized spacial score (nSPS) is 21.1. The average Bonchev–Trinajstić information content (AvgIpc) is 2.65. The number of hydrogen-bond donors (Lipinski definition) is 0. The van der Waals surface area contributed by atoms with Crippen LogP contribution in [0.1, 0.15) is 29.8 Å². The van der Waals surface area contributed by atoms with Crippen LogP contribution in [-0.2, 0) is 4.79 Å². The second kappa shape index (κ2) is 3.70. The SMILES string of the molecule is O=C1CCC(C(=O)c2ccccn2)C1. The van der Waals surface area contributed by atoms with Crippen molar-refractivity contribution in [1.82, 2.24) is 4.98 Å². The van der Waals surface area contributed by atoms with E-state index in [1.54, 1.807) is 24.4 Å². The van der Waals surface area contributed by atoms with Crippen molar-refractivity contribution in [3.8, 4) is 0 Å². The summed E-state index contributed by atoms with van der Waals surface area (Å²) in [6.07, 6.45) is 3.23. The second-order valence-electron chi connectivity index (χ2n) is 3.56. The molecule has 72 valence electrons. The van der Waals surface area contributed by atoms with Gasteiger partial charge >= 0.3 is 0 Å². The number of Topliss-reactive ketones (excluding diaryl/α,β-unsaturated/α-hetero) is 2. The van der Waals surface area contributed by atoms with Gasteiger partial charge in [-0.3, -0.25) is 14.6 Å². The summed E-state index contributed by atoms with van der Waals surface area (Å²) < 4.78 is 0. The lowest BCUT2D eigenvalue weighted by molar-refractivity contribution is -0.117. The molecule has 1 heterocycles. The molecule has 0 spiro atoms. The molecule has 1 fully saturated rings. The monoisotopic (exact) mass is 189 g/mol. The Balaban J connectivity index is 2.13. The third-order valence-electron chi connectivity index (χ3n) is 2.53. The summed E-state index contributed by atoms with van der Waals surface area (Å²) >= 11 is 0. The number of hydrogen-bond acceptors (Lipinski definition) is 3. The zero-order valence-corrected chi connectivity index (χ0v) is 7.77. The number of carbonyl (C=O) groups excluding carboxylic acids is 2. The standard InChI is InChI=1S/C11H11NO2/c13-9-5-4-8(7-9)11(14)10-3-1-2-6-12-10/h1-3,6,8H,4-5,7H2. The fourth-order valence-corrected chi connectivity index (χ4v) is 1.76. The van der Waals surface area contributed by atoms with Crippen molar-refractivity contribution in [2.45, 2.75) is 19.3 Å². The lowest BCUT2D eigenvalue weighted by Gasteiger charge is -2.04. The van der Waals surface area contributed by atoms with E-state index < -0.39 is 0 Å². The number of pyridine rings is 1. The lowest BCUT2D eigenvalue weighted by atomic mass is 10.00. The van der Waals surface area contributed by atoms with Crippen LogP contribution in [0.25, 0.3) is 0 Å². The van der Waals surface area contributed by atoms with Crippen molar-refractivity contribution >= 4 is 11.6 Å². The van der Waals surface area contributed by atoms with E-state index in [0.717, 1.165) is 0 Å². The largest absolute Gasteiger partial charge is 0.300 e. The van der Waals surface area contributed by atoms with E-state index in [-0.39, 0.29) is 17.5 Å². The van der Waals surface area contributed by atoms with Gasteiger partial charge in [0.1, 0.15) is 11.5 Å². The predicted octanol–water partition coefficient (Wildman–Crippen LogP) is 1.63. The first-order valence-corrected chi connectivity index (χ1v) is 4.74. The third kappa shape index (κ3) is 1.71. The topological polar surface area (TPSA) is 47.0 Å². The second-order valence-corrected chi connectivity index (χ2v) is 3.56. The number of nitrogens with zero attached hydrogens (tertiary/aromatic N) is 1. The third-order valence-corrected chi connectivity index (χ3v) is 2.53. The molecular weight excluding hydrogens is 178 g/mol. The van der Waals surface area contributed by atoms with Gasteiger partial charge in [0.05, 0.1) is 0 Å². The van der Waals surface area contributed by atoms with Gasteiger partial charge in [-0.1, -0.05) is 6.07 Å². The fourth-order valence-electron chi connectivity index (χ4n) is 1.76. The van der Waals surface area contributed by atoms with Crippen molar-refractivity contribution < 1.29 is 9.59 Å². The number of aromatic nitrogens is 1. The quantitative estimate of drug-likeness (QED) is 0.664. The summed E-state index contributed by atoms with van der Waals surface area (Å²) in [5.41, 5.74) is 0.479. The molecule has 0 radical (unpaired) electrons. The lowest BCUT2D eigenvalue weighted by Crippen LogP contribution is -2.13. The van der Waals surface area contributed by atoms with Gasteiger partial charge in [0.25, 0.3) is 0 Å². The summed E-state index contributed by atoms with van der Waals surface area (Å²) in [6.45, 7) is 0. The number of carbonyl (C=O) groups is 2. The highest BCUT2D eigenvalue weighted by atomic mass is 16.1. The molecule has 1 saturated carbocycles. The number of ketones is 2. The average molecular weight is 189 g/mol. The first-order valence-electron chi connectivity index (χ1n) is 4.74. The molecular formula is C11H11NO2. The van der Waals surface area contributed by atoms with Crippen LogP contribution < -0.4 is 0 Å². The maximum atomic E-state index is 11.8. The summed E-state index contributed by atoms with van der Waals surface area (Å²) in [5.74, 6) is 0.0770. The van der Waals surface area contributed by atoms with E-state index in [1.807, 2.05) is 0 Å². The van der Waals surface area contributed by atoms with E-state index >= 15 is 0 Å². The van der Waals surface area contributed by atoms with Gasteiger partial charge in [0.15, 0.2) is 5.78 Å². The van der Waals surface area contributed by atoms with Gasteiger partial charge in [-0.15, -0.1) is 0 Å². The van der Waals surface area contributed by atoms with Crippen LogP contribution in [0.4, 0.5) is 0 Å². The van der Waals surface area contributed by atoms with Crippen molar-refractivity contribution in [2.24, 2.45) is 5.92 Å². The molecule has 1 unspecified atom stereocenters. The highest BCUT2D eigenvalue weighted by Crippen LogP contribution is 2.24. The van der Waals surface area contributed by atoms with Gasteiger partial charge in [-0.25, -0.2) is 0 Å².